The van der Waals surface area contributed by atoms with Gasteiger partial charge in [0.15, 0.2) is 0 Å². The highest BCUT2D eigenvalue weighted by Crippen LogP contribution is 2.15. The lowest BCUT2D eigenvalue weighted by atomic mass is 10.2. The summed E-state index contributed by atoms with van der Waals surface area (Å²) in [5, 5.41) is 4.39. The van der Waals surface area contributed by atoms with E-state index in [4.69, 9.17) is 0 Å². The Kier molecular flexibility index (Phi) is 5.94. The average Bonchev–Trinajstić information content (AvgIpc) is 2.58. The Morgan fingerprint density at radius 2 is 1.72 bits per heavy atom. The standard InChI is InChI=1S/C18H15F3N2O2/c19-18(20,21)17(25)22-12-14-7-4-8-15(11-14)23-16(24)10-9-13-5-2-1-3-6-13/h1-11H,12H2,(H,22,25)(H,23,24)/b10-9+. The largest absolute Gasteiger partial charge is 0.471 e. The fourth-order valence-electron chi connectivity index (χ4n) is 1.96. The first kappa shape index (κ1) is 18.3. The number of anilines is 1. The molecular formula is C18H15F3N2O2. The van der Waals surface area contributed by atoms with E-state index in [1.165, 1.54) is 12.1 Å². The maximum absolute atomic E-state index is 12.2. The third-order valence-corrected chi connectivity index (χ3v) is 3.13. The van der Waals surface area contributed by atoms with Crippen LogP contribution in [0, 0.1) is 0 Å². The fraction of sp³-hybridized carbons (Fsp3) is 0.111. The van der Waals surface area contributed by atoms with E-state index < -0.39 is 12.1 Å². The normalized spacial score (nSPS) is 11.3. The zero-order valence-corrected chi connectivity index (χ0v) is 13.0. The molecule has 25 heavy (non-hydrogen) atoms. The summed E-state index contributed by atoms with van der Waals surface area (Å²) in [5.74, 6) is -2.38. The van der Waals surface area contributed by atoms with E-state index in [9.17, 15) is 22.8 Å². The molecule has 0 saturated heterocycles. The molecule has 4 nitrogen and oxygen atoms in total. The van der Waals surface area contributed by atoms with E-state index in [-0.39, 0.29) is 12.5 Å². The van der Waals surface area contributed by atoms with Crippen LogP contribution < -0.4 is 10.6 Å². The lowest BCUT2D eigenvalue weighted by Gasteiger charge is -2.09. The van der Waals surface area contributed by atoms with Gasteiger partial charge in [-0.1, -0.05) is 42.5 Å². The molecule has 2 rings (SSSR count). The van der Waals surface area contributed by atoms with Gasteiger partial charge >= 0.3 is 12.1 Å². The molecule has 7 heteroatoms. The van der Waals surface area contributed by atoms with Gasteiger partial charge in [0.05, 0.1) is 0 Å². The monoisotopic (exact) mass is 348 g/mol. The molecule has 2 aromatic rings. The predicted octanol–water partition coefficient (Wildman–Crippen LogP) is 3.52. The summed E-state index contributed by atoms with van der Waals surface area (Å²) < 4.78 is 36.5. The lowest BCUT2D eigenvalue weighted by molar-refractivity contribution is -0.173. The van der Waals surface area contributed by atoms with Crippen molar-refractivity contribution in [3.05, 3.63) is 71.8 Å². The van der Waals surface area contributed by atoms with Gasteiger partial charge < -0.3 is 10.6 Å². The molecule has 0 radical (unpaired) electrons. The Bertz CT molecular complexity index is 771. The number of alkyl halides is 3. The van der Waals surface area contributed by atoms with E-state index in [2.05, 4.69) is 5.32 Å². The Morgan fingerprint density at radius 1 is 1.00 bits per heavy atom. The Hall–Kier alpha value is -3.09. The van der Waals surface area contributed by atoms with Crippen LogP contribution in [-0.2, 0) is 16.1 Å². The number of hydrogen-bond donors (Lipinski definition) is 2. The number of hydrogen-bond acceptors (Lipinski definition) is 2. The molecule has 0 unspecified atom stereocenters. The maximum Gasteiger partial charge on any atom is 0.471 e. The minimum Gasteiger partial charge on any atom is -0.344 e. The van der Waals surface area contributed by atoms with E-state index in [1.54, 1.807) is 29.6 Å². The third-order valence-electron chi connectivity index (χ3n) is 3.13. The second-order valence-electron chi connectivity index (χ2n) is 5.11. The van der Waals surface area contributed by atoms with Crippen molar-refractivity contribution in [2.45, 2.75) is 12.7 Å². The number of nitrogens with one attached hydrogen (secondary N) is 2. The van der Waals surface area contributed by atoms with Gasteiger partial charge in [0.2, 0.25) is 5.91 Å². The second kappa shape index (κ2) is 8.14. The first-order chi connectivity index (χ1) is 11.8. The summed E-state index contributed by atoms with van der Waals surface area (Å²) >= 11 is 0. The van der Waals surface area contributed by atoms with Crippen molar-refractivity contribution < 1.29 is 22.8 Å². The van der Waals surface area contributed by atoms with Crippen LogP contribution in [0.25, 0.3) is 6.08 Å². The molecule has 2 aromatic carbocycles. The molecule has 130 valence electrons. The highest BCUT2D eigenvalue weighted by Gasteiger charge is 2.38. The predicted molar refractivity (Wildman–Crippen MR) is 88.4 cm³/mol. The zero-order valence-electron chi connectivity index (χ0n) is 13.0. The van der Waals surface area contributed by atoms with Crippen molar-refractivity contribution in [2.75, 3.05) is 5.32 Å². The van der Waals surface area contributed by atoms with E-state index in [0.29, 0.717) is 11.3 Å². The van der Waals surface area contributed by atoms with Crippen LogP contribution in [-0.4, -0.2) is 18.0 Å². The third kappa shape index (κ3) is 6.14. The smallest absolute Gasteiger partial charge is 0.344 e. The van der Waals surface area contributed by atoms with E-state index >= 15 is 0 Å². The molecule has 2 amide bonds. The van der Waals surface area contributed by atoms with Crippen LogP contribution in [0.5, 0.6) is 0 Å². The van der Waals surface area contributed by atoms with Gasteiger partial charge in [0.1, 0.15) is 0 Å². The summed E-state index contributed by atoms with van der Waals surface area (Å²) in [4.78, 5) is 22.7. The topological polar surface area (TPSA) is 58.2 Å². The van der Waals surface area contributed by atoms with Crippen molar-refractivity contribution in [1.82, 2.24) is 5.32 Å². The molecule has 0 bridgehead atoms. The Morgan fingerprint density at radius 3 is 2.40 bits per heavy atom. The molecule has 0 spiro atoms. The molecule has 2 N–H and O–H groups in total. The summed E-state index contributed by atoms with van der Waals surface area (Å²) in [6.45, 7) is -0.290. The summed E-state index contributed by atoms with van der Waals surface area (Å²) in [6, 6.07) is 15.4. The van der Waals surface area contributed by atoms with Gasteiger partial charge in [-0.15, -0.1) is 0 Å². The van der Waals surface area contributed by atoms with Crippen LogP contribution in [0.2, 0.25) is 0 Å². The summed E-state index contributed by atoms with van der Waals surface area (Å²) in [5.41, 5.74) is 1.71. The van der Waals surface area contributed by atoms with Crippen molar-refractivity contribution in [3.8, 4) is 0 Å². The molecule has 0 aliphatic heterocycles. The quantitative estimate of drug-likeness (QED) is 0.813. The SMILES string of the molecule is O=C(/C=C/c1ccccc1)Nc1cccc(CNC(=O)C(F)(F)F)c1. The molecular weight excluding hydrogens is 333 g/mol. The highest BCUT2D eigenvalue weighted by molar-refractivity contribution is 6.01. The minimum atomic E-state index is -4.92. The number of carbonyl (C=O) groups is 2. The maximum atomic E-state index is 12.2. The number of benzene rings is 2. The summed E-state index contributed by atoms with van der Waals surface area (Å²) in [7, 11) is 0. The van der Waals surface area contributed by atoms with E-state index in [1.807, 2.05) is 30.3 Å². The first-order valence-electron chi connectivity index (χ1n) is 7.33. The Balaban J connectivity index is 1.93. The van der Waals surface area contributed by atoms with Gasteiger partial charge in [0.25, 0.3) is 0 Å². The van der Waals surface area contributed by atoms with Crippen LogP contribution in [0.15, 0.2) is 60.7 Å². The van der Waals surface area contributed by atoms with E-state index in [0.717, 1.165) is 5.56 Å². The lowest BCUT2D eigenvalue weighted by Crippen LogP contribution is -2.36. The number of halogens is 3. The molecule has 0 aliphatic carbocycles. The molecule has 0 fully saturated rings. The van der Waals surface area contributed by atoms with Crippen molar-refractivity contribution >= 4 is 23.6 Å². The highest BCUT2D eigenvalue weighted by atomic mass is 19.4. The van der Waals surface area contributed by atoms with Crippen LogP contribution >= 0.6 is 0 Å². The van der Waals surface area contributed by atoms with Crippen molar-refractivity contribution in [3.63, 3.8) is 0 Å². The van der Waals surface area contributed by atoms with Crippen molar-refractivity contribution in [2.24, 2.45) is 0 Å². The minimum absolute atomic E-state index is 0.290. The molecule has 0 atom stereocenters. The molecule has 0 saturated carbocycles. The average molecular weight is 348 g/mol. The van der Waals surface area contributed by atoms with Crippen LogP contribution in [0.3, 0.4) is 0 Å². The molecule has 0 aromatic heterocycles. The van der Waals surface area contributed by atoms with Crippen molar-refractivity contribution in [1.29, 1.82) is 0 Å². The Labute approximate surface area is 142 Å². The zero-order chi connectivity index (χ0) is 18.3. The first-order valence-corrected chi connectivity index (χ1v) is 7.33. The van der Waals surface area contributed by atoms with Gasteiger partial charge in [-0.2, -0.15) is 13.2 Å². The van der Waals surface area contributed by atoms with Gasteiger partial charge in [-0.25, -0.2) is 0 Å². The number of rotatable bonds is 5. The van der Waals surface area contributed by atoms with Crippen LogP contribution in [0.4, 0.5) is 18.9 Å². The summed E-state index contributed by atoms with van der Waals surface area (Å²) in [6.07, 6.45) is -1.93. The number of amides is 2. The molecule has 0 aliphatic rings. The van der Waals surface area contributed by atoms with Gasteiger partial charge in [-0.05, 0) is 29.3 Å². The van der Waals surface area contributed by atoms with Gasteiger partial charge in [-0.3, -0.25) is 9.59 Å². The molecule has 0 heterocycles. The van der Waals surface area contributed by atoms with Gasteiger partial charge in [0, 0.05) is 18.3 Å². The fourth-order valence-corrected chi connectivity index (χ4v) is 1.96. The van der Waals surface area contributed by atoms with Crippen LogP contribution in [0.1, 0.15) is 11.1 Å². The second-order valence-corrected chi connectivity index (χ2v) is 5.11. The number of carbonyl (C=O) groups excluding carboxylic acids is 2.